The molecular formula is C19H21FN4S. The van der Waals surface area contributed by atoms with Gasteiger partial charge >= 0.3 is 0 Å². The maximum absolute atomic E-state index is 13.0. The highest BCUT2D eigenvalue weighted by Crippen LogP contribution is 2.18. The first-order valence-corrected chi connectivity index (χ1v) is 9.41. The zero-order valence-corrected chi connectivity index (χ0v) is 14.8. The minimum Gasteiger partial charge on any atom is -0.296 e. The maximum Gasteiger partial charge on any atom is 0.123 e. The van der Waals surface area contributed by atoms with Gasteiger partial charge in [0, 0.05) is 49.4 Å². The molecule has 0 spiro atoms. The highest BCUT2D eigenvalue weighted by molar-refractivity contribution is 7.09. The standard InChI is InChI=1S/C19H21FN4S/c20-17-5-3-16(4-6-17)19-7-8-24(21-19)15-23-11-9-22(10-12-23)14-18-2-1-13-25-18/h1-8,13H,9-12,14-15H2. The molecule has 3 heterocycles. The molecule has 3 aromatic rings. The number of benzene rings is 1. The molecule has 25 heavy (non-hydrogen) atoms. The van der Waals surface area contributed by atoms with Crippen molar-refractivity contribution >= 4 is 11.3 Å². The molecule has 130 valence electrons. The van der Waals surface area contributed by atoms with Crippen LogP contribution in [0.2, 0.25) is 0 Å². The van der Waals surface area contributed by atoms with Crippen LogP contribution in [0.25, 0.3) is 11.3 Å². The van der Waals surface area contributed by atoms with Crippen molar-refractivity contribution < 1.29 is 4.39 Å². The predicted molar refractivity (Wildman–Crippen MR) is 98.8 cm³/mol. The summed E-state index contributed by atoms with van der Waals surface area (Å²) in [7, 11) is 0. The highest BCUT2D eigenvalue weighted by atomic mass is 32.1. The number of nitrogens with zero attached hydrogens (tertiary/aromatic N) is 4. The van der Waals surface area contributed by atoms with Crippen LogP contribution in [-0.2, 0) is 13.2 Å². The van der Waals surface area contributed by atoms with Crippen molar-refractivity contribution in [2.75, 3.05) is 26.2 Å². The second-order valence-corrected chi connectivity index (χ2v) is 7.39. The zero-order valence-electron chi connectivity index (χ0n) is 14.0. The second-order valence-electron chi connectivity index (χ2n) is 6.36. The molecule has 1 fully saturated rings. The first-order chi connectivity index (χ1) is 12.3. The third kappa shape index (κ3) is 4.15. The number of halogens is 1. The summed E-state index contributed by atoms with van der Waals surface area (Å²) in [6, 6.07) is 12.8. The molecule has 0 saturated carbocycles. The van der Waals surface area contributed by atoms with Crippen LogP contribution < -0.4 is 0 Å². The summed E-state index contributed by atoms with van der Waals surface area (Å²) in [5.74, 6) is -0.219. The molecule has 2 aromatic heterocycles. The van der Waals surface area contributed by atoms with Crippen molar-refractivity contribution in [2.24, 2.45) is 0 Å². The molecule has 0 unspecified atom stereocenters. The Bertz CT molecular complexity index is 789. The van der Waals surface area contributed by atoms with Gasteiger partial charge in [0.25, 0.3) is 0 Å². The van der Waals surface area contributed by atoms with Crippen LogP contribution >= 0.6 is 11.3 Å². The summed E-state index contributed by atoms with van der Waals surface area (Å²) in [5.41, 5.74) is 1.83. The van der Waals surface area contributed by atoms with E-state index >= 15 is 0 Å². The van der Waals surface area contributed by atoms with Crippen LogP contribution in [-0.4, -0.2) is 45.8 Å². The van der Waals surface area contributed by atoms with Crippen molar-refractivity contribution in [1.29, 1.82) is 0 Å². The largest absolute Gasteiger partial charge is 0.296 e. The second kappa shape index (κ2) is 7.47. The third-order valence-corrected chi connectivity index (χ3v) is 5.41. The van der Waals surface area contributed by atoms with Gasteiger partial charge in [-0.3, -0.25) is 14.5 Å². The first-order valence-electron chi connectivity index (χ1n) is 8.53. The summed E-state index contributed by atoms with van der Waals surface area (Å²) in [6.45, 7) is 6.14. The number of thiophene rings is 1. The normalized spacial score (nSPS) is 16.4. The monoisotopic (exact) mass is 356 g/mol. The SMILES string of the molecule is Fc1ccc(-c2ccn(CN3CCN(Cc4cccs4)CC3)n2)cc1. The molecule has 1 aliphatic heterocycles. The van der Waals surface area contributed by atoms with Crippen molar-refractivity contribution in [3.63, 3.8) is 0 Å². The van der Waals surface area contributed by atoms with E-state index in [0.717, 1.165) is 50.6 Å². The summed E-state index contributed by atoms with van der Waals surface area (Å²) < 4.78 is 15.0. The van der Waals surface area contributed by atoms with Crippen LogP contribution in [0.3, 0.4) is 0 Å². The van der Waals surface area contributed by atoms with E-state index in [1.54, 1.807) is 12.1 Å². The Morgan fingerprint density at radius 1 is 0.960 bits per heavy atom. The lowest BCUT2D eigenvalue weighted by Crippen LogP contribution is -2.46. The molecule has 0 atom stereocenters. The Kier molecular flexibility index (Phi) is 4.92. The van der Waals surface area contributed by atoms with Gasteiger partial charge in [-0.2, -0.15) is 5.10 Å². The summed E-state index contributed by atoms with van der Waals surface area (Å²) >= 11 is 1.83. The van der Waals surface area contributed by atoms with E-state index < -0.39 is 0 Å². The molecule has 6 heteroatoms. The van der Waals surface area contributed by atoms with Gasteiger partial charge in [0.1, 0.15) is 5.82 Å². The molecule has 0 radical (unpaired) electrons. The molecule has 1 aromatic carbocycles. The Morgan fingerprint density at radius 2 is 1.72 bits per heavy atom. The molecular weight excluding hydrogens is 335 g/mol. The summed E-state index contributed by atoms with van der Waals surface area (Å²) in [6.07, 6.45) is 2.00. The van der Waals surface area contributed by atoms with Crippen LogP contribution in [0.5, 0.6) is 0 Å². The lowest BCUT2D eigenvalue weighted by molar-refractivity contribution is 0.0995. The lowest BCUT2D eigenvalue weighted by atomic mass is 10.1. The Labute approximate surface area is 151 Å². The molecule has 0 N–H and O–H groups in total. The van der Waals surface area contributed by atoms with Gasteiger partial charge in [-0.05, 0) is 41.8 Å². The number of rotatable bonds is 5. The zero-order chi connectivity index (χ0) is 17.1. The van der Waals surface area contributed by atoms with E-state index in [1.807, 2.05) is 28.3 Å². The molecule has 4 nitrogen and oxygen atoms in total. The van der Waals surface area contributed by atoms with Crippen LogP contribution in [0.1, 0.15) is 4.88 Å². The average molecular weight is 356 g/mol. The van der Waals surface area contributed by atoms with Crippen LogP contribution in [0.4, 0.5) is 4.39 Å². The Balaban J connectivity index is 1.31. The fourth-order valence-corrected chi connectivity index (χ4v) is 3.88. The van der Waals surface area contributed by atoms with E-state index in [4.69, 9.17) is 0 Å². The summed E-state index contributed by atoms with van der Waals surface area (Å²) in [5, 5.41) is 6.77. The Morgan fingerprint density at radius 3 is 2.44 bits per heavy atom. The molecule has 0 bridgehead atoms. The van der Waals surface area contributed by atoms with Gasteiger partial charge in [0.05, 0.1) is 12.4 Å². The molecule has 1 aliphatic rings. The van der Waals surface area contributed by atoms with Crippen molar-refractivity contribution in [3.8, 4) is 11.3 Å². The van der Waals surface area contributed by atoms with Gasteiger partial charge < -0.3 is 0 Å². The number of hydrogen-bond acceptors (Lipinski definition) is 4. The average Bonchev–Trinajstić information content (AvgIpc) is 3.29. The van der Waals surface area contributed by atoms with Gasteiger partial charge in [0.15, 0.2) is 0 Å². The van der Waals surface area contributed by atoms with Crippen molar-refractivity contribution in [1.82, 2.24) is 19.6 Å². The van der Waals surface area contributed by atoms with Crippen LogP contribution in [0.15, 0.2) is 54.0 Å². The third-order valence-electron chi connectivity index (χ3n) is 4.55. The number of aromatic nitrogens is 2. The van der Waals surface area contributed by atoms with E-state index in [1.165, 1.54) is 17.0 Å². The van der Waals surface area contributed by atoms with Gasteiger partial charge in [-0.15, -0.1) is 11.3 Å². The number of piperazine rings is 1. The quantitative estimate of drug-likeness (QED) is 0.699. The predicted octanol–water partition coefficient (Wildman–Crippen LogP) is 3.53. The first kappa shape index (κ1) is 16.4. The number of hydrogen-bond donors (Lipinski definition) is 0. The van der Waals surface area contributed by atoms with Crippen LogP contribution in [0, 0.1) is 5.82 Å². The molecule has 0 aliphatic carbocycles. The molecule has 1 saturated heterocycles. The maximum atomic E-state index is 13.0. The smallest absolute Gasteiger partial charge is 0.123 e. The van der Waals surface area contributed by atoms with Gasteiger partial charge in [-0.25, -0.2) is 4.39 Å². The topological polar surface area (TPSA) is 24.3 Å². The fraction of sp³-hybridized carbons (Fsp3) is 0.316. The molecule has 0 amide bonds. The Hall–Kier alpha value is -2.02. The minimum atomic E-state index is -0.219. The van der Waals surface area contributed by atoms with Gasteiger partial charge in [0.2, 0.25) is 0 Å². The lowest BCUT2D eigenvalue weighted by Gasteiger charge is -2.34. The van der Waals surface area contributed by atoms with E-state index in [0.29, 0.717) is 0 Å². The minimum absolute atomic E-state index is 0.219. The molecule has 4 rings (SSSR count). The highest BCUT2D eigenvalue weighted by Gasteiger charge is 2.17. The van der Waals surface area contributed by atoms with E-state index in [2.05, 4.69) is 32.4 Å². The van der Waals surface area contributed by atoms with Crippen molar-refractivity contribution in [2.45, 2.75) is 13.2 Å². The fourth-order valence-electron chi connectivity index (χ4n) is 3.13. The summed E-state index contributed by atoms with van der Waals surface area (Å²) in [4.78, 5) is 6.37. The van der Waals surface area contributed by atoms with E-state index in [-0.39, 0.29) is 5.82 Å². The van der Waals surface area contributed by atoms with Gasteiger partial charge in [-0.1, -0.05) is 6.07 Å². The van der Waals surface area contributed by atoms with E-state index in [9.17, 15) is 4.39 Å². The van der Waals surface area contributed by atoms with Crippen molar-refractivity contribution in [3.05, 3.63) is 64.7 Å².